The summed E-state index contributed by atoms with van der Waals surface area (Å²) in [6.07, 6.45) is 3.04. The van der Waals surface area contributed by atoms with Crippen molar-refractivity contribution in [3.05, 3.63) is 42.0 Å². The minimum atomic E-state index is 0.346. The standard InChI is InChI=1S/C13H18.C2H6/c1-5-11-8-6-7-9-12(11)10-13(2,3)4;1-2/h5-9H,1,10H2,2-4H3;1-2H3. The molecule has 0 N–H and O–H groups in total. The minimum absolute atomic E-state index is 0.346. The van der Waals surface area contributed by atoms with Gasteiger partial charge < -0.3 is 0 Å². The van der Waals surface area contributed by atoms with Crippen LogP contribution in [0.2, 0.25) is 0 Å². The van der Waals surface area contributed by atoms with E-state index in [4.69, 9.17) is 0 Å². The van der Waals surface area contributed by atoms with Gasteiger partial charge in [-0.25, -0.2) is 0 Å². The summed E-state index contributed by atoms with van der Waals surface area (Å²) in [5.41, 5.74) is 3.00. The molecule has 0 heterocycles. The van der Waals surface area contributed by atoms with Crippen LogP contribution in [0.3, 0.4) is 0 Å². The summed E-state index contributed by atoms with van der Waals surface area (Å²) in [6.45, 7) is 14.6. The lowest BCUT2D eigenvalue weighted by atomic mass is 9.86. The number of benzene rings is 1. The second kappa shape index (κ2) is 6.44. The Labute approximate surface area is 95.0 Å². The van der Waals surface area contributed by atoms with Gasteiger partial charge in [0.05, 0.1) is 0 Å². The lowest BCUT2D eigenvalue weighted by Crippen LogP contribution is -2.09. The molecular formula is C15H24. The normalized spacial score (nSPS) is 10.2. The van der Waals surface area contributed by atoms with E-state index in [0.717, 1.165) is 6.42 Å². The molecule has 0 bridgehead atoms. The molecule has 15 heavy (non-hydrogen) atoms. The van der Waals surface area contributed by atoms with Crippen LogP contribution in [0.25, 0.3) is 6.08 Å². The highest BCUT2D eigenvalue weighted by molar-refractivity contribution is 5.51. The first-order valence-corrected chi connectivity index (χ1v) is 5.73. The van der Waals surface area contributed by atoms with Crippen molar-refractivity contribution >= 4 is 6.08 Å². The predicted octanol–water partition coefficient (Wildman–Crippen LogP) is 4.94. The summed E-state index contributed by atoms with van der Waals surface area (Å²) in [5, 5.41) is 0. The molecule has 0 atom stereocenters. The molecular weight excluding hydrogens is 180 g/mol. The summed E-state index contributed by atoms with van der Waals surface area (Å²) in [4.78, 5) is 0. The molecule has 0 amide bonds. The summed E-state index contributed by atoms with van der Waals surface area (Å²) in [6, 6.07) is 8.45. The first-order chi connectivity index (χ1) is 7.03. The first-order valence-electron chi connectivity index (χ1n) is 5.73. The molecule has 0 aliphatic carbocycles. The van der Waals surface area contributed by atoms with Crippen LogP contribution in [-0.4, -0.2) is 0 Å². The van der Waals surface area contributed by atoms with E-state index >= 15 is 0 Å². The second-order valence-electron chi connectivity index (χ2n) is 4.64. The summed E-state index contributed by atoms with van der Waals surface area (Å²) in [7, 11) is 0. The third-order valence-corrected chi connectivity index (χ3v) is 2.00. The third-order valence-electron chi connectivity index (χ3n) is 2.00. The number of hydrogen-bond acceptors (Lipinski definition) is 0. The van der Waals surface area contributed by atoms with Gasteiger partial charge in [-0.3, -0.25) is 0 Å². The molecule has 1 aromatic carbocycles. The Hall–Kier alpha value is -1.04. The van der Waals surface area contributed by atoms with E-state index in [-0.39, 0.29) is 0 Å². The molecule has 0 fully saturated rings. The van der Waals surface area contributed by atoms with E-state index < -0.39 is 0 Å². The Bertz CT molecular complexity index is 289. The molecule has 1 aromatic rings. The fraction of sp³-hybridized carbons (Fsp3) is 0.467. The summed E-state index contributed by atoms with van der Waals surface area (Å²) in [5.74, 6) is 0. The molecule has 0 heteroatoms. The van der Waals surface area contributed by atoms with Gasteiger partial charge in [0.2, 0.25) is 0 Å². The topological polar surface area (TPSA) is 0 Å². The van der Waals surface area contributed by atoms with Gasteiger partial charge in [0.15, 0.2) is 0 Å². The van der Waals surface area contributed by atoms with Gasteiger partial charge in [0.25, 0.3) is 0 Å². The fourth-order valence-corrected chi connectivity index (χ4v) is 1.47. The zero-order valence-electron chi connectivity index (χ0n) is 10.8. The fourth-order valence-electron chi connectivity index (χ4n) is 1.47. The highest BCUT2D eigenvalue weighted by Crippen LogP contribution is 2.23. The van der Waals surface area contributed by atoms with Crippen molar-refractivity contribution in [3.8, 4) is 0 Å². The Morgan fingerprint density at radius 3 is 2.13 bits per heavy atom. The molecule has 84 valence electrons. The Balaban J connectivity index is 0.000000921. The maximum absolute atomic E-state index is 3.82. The van der Waals surface area contributed by atoms with Crippen molar-refractivity contribution in [2.45, 2.75) is 41.0 Å². The van der Waals surface area contributed by atoms with Gasteiger partial charge in [-0.2, -0.15) is 0 Å². The highest BCUT2D eigenvalue weighted by atomic mass is 14.2. The van der Waals surface area contributed by atoms with Crippen LogP contribution in [0.15, 0.2) is 30.8 Å². The Morgan fingerprint density at radius 1 is 1.13 bits per heavy atom. The van der Waals surface area contributed by atoms with Crippen LogP contribution < -0.4 is 0 Å². The molecule has 0 unspecified atom stereocenters. The number of hydrogen-bond donors (Lipinski definition) is 0. The smallest absolute Gasteiger partial charge is 0.0224 e. The van der Waals surface area contributed by atoms with E-state index in [2.05, 4.69) is 51.6 Å². The van der Waals surface area contributed by atoms with E-state index in [1.165, 1.54) is 11.1 Å². The molecule has 0 aliphatic heterocycles. The minimum Gasteiger partial charge on any atom is -0.0985 e. The molecule has 0 aromatic heterocycles. The molecule has 0 saturated heterocycles. The van der Waals surface area contributed by atoms with Crippen molar-refractivity contribution in [1.82, 2.24) is 0 Å². The molecule has 0 saturated carbocycles. The van der Waals surface area contributed by atoms with Gasteiger partial charge in [0.1, 0.15) is 0 Å². The van der Waals surface area contributed by atoms with Crippen LogP contribution in [-0.2, 0) is 6.42 Å². The van der Waals surface area contributed by atoms with Crippen LogP contribution in [0.4, 0.5) is 0 Å². The summed E-state index contributed by atoms with van der Waals surface area (Å²) >= 11 is 0. The predicted molar refractivity (Wildman–Crippen MR) is 71.0 cm³/mol. The third kappa shape index (κ3) is 5.41. The van der Waals surface area contributed by atoms with Gasteiger partial charge in [-0.1, -0.05) is 71.5 Å². The Kier molecular flexibility index (Phi) is 6.00. The average Bonchev–Trinajstić information content (AvgIpc) is 2.19. The average molecular weight is 204 g/mol. The molecule has 0 radical (unpaired) electrons. The molecule has 0 nitrogen and oxygen atoms in total. The van der Waals surface area contributed by atoms with Crippen molar-refractivity contribution < 1.29 is 0 Å². The second-order valence-corrected chi connectivity index (χ2v) is 4.64. The van der Waals surface area contributed by atoms with Gasteiger partial charge in [-0.05, 0) is 23.0 Å². The van der Waals surface area contributed by atoms with Gasteiger partial charge in [-0.15, -0.1) is 0 Å². The van der Waals surface area contributed by atoms with Crippen LogP contribution in [0.5, 0.6) is 0 Å². The lowest BCUT2D eigenvalue weighted by molar-refractivity contribution is 0.411. The maximum atomic E-state index is 3.82. The number of rotatable bonds is 2. The van der Waals surface area contributed by atoms with Crippen molar-refractivity contribution in [1.29, 1.82) is 0 Å². The lowest BCUT2D eigenvalue weighted by Gasteiger charge is -2.19. The van der Waals surface area contributed by atoms with E-state index in [0.29, 0.717) is 5.41 Å². The molecule has 0 aliphatic rings. The largest absolute Gasteiger partial charge is 0.0985 e. The van der Waals surface area contributed by atoms with Crippen molar-refractivity contribution in [2.24, 2.45) is 5.41 Å². The molecule has 0 spiro atoms. The van der Waals surface area contributed by atoms with E-state index in [1.54, 1.807) is 0 Å². The first kappa shape index (κ1) is 14.0. The van der Waals surface area contributed by atoms with Crippen LogP contribution in [0.1, 0.15) is 45.7 Å². The Morgan fingerprint density at radius 2 is 1.67 bits per heavy atom. The van der Waals surface area contributed by atoms with Crippen LogP contribution in [0, 0.1) is 5.41 Å². The van der Waals surface area contributed by atoms with Gasteiger partial charge >= 0.3 is 0 Å². The van der Waals surface area contributed by atoms with E-state index in [1.807, 2.05) is 19.9 Å². The van der Waals surface area contributed by atoms with Crippen molar-refractivity contribution in [2.75, 3.05) is 0 Å². The zero-order valence-corrected chi connectivity index (χ0v) is 10.8. The monoisotopic (exact) mass is 204 g/mol. The van der Waals surface area contributed by atoms with Crippen molar-refractivity contribution in [3.63, 3.8) is 0 Å². The van der Waals surface area contributed by atoms with Crippen LogP contribution >= 0.6 is 0 Å². The zero-order chi connectivity index (χ0) is 11.9. The van der Waals surface area contributed by atoms with Gasteiger partial charge in [0, 0.05) is 0 Å². The van der Waals surface area contributed by atoms with E-state index in [9.17, 15) is 0 Å². The summed E-state index contributed by atoms with van der Waals surface area (Å²) < 4.78 is 0. The SMILES string of the molecule is C=Cc1ccccc1CC(C)(C)C.CC. The quantitative estimate of drug-likeness (QED) is 0.639. The maximum Gasteiger partial charge on any atom is -0.0224 e. The molecule has 1 rings (SSSR count). The highest BCUT2D eigenvalue weighted by Gasteiger charge is 2.12.